The quantitative estimate of drug-likeness (QED) is 0.710. The normalized spacial score (nSPS) is 17.3. The Labute approximate surface area is 167 Å². The van der Waals surface area contributed by atoms with E-state index >= 15 is 0 Å². The summed E-state index contributed by atoms with van der Waals surface area (Å²) in [6, 6.07) is 18.3. The van der Waals surface area contributed by atoms with E-state index in [9.17, 15) is 18.0 Å². The minimum atomic E-state index is -3.33. The Morgan fingerprint density at radius 2 is 1.76 bits per heavy atom. The third-order valence-electron chi connectivity index (χ3n) is 4.88. The van der Waals surface area contributed by atoms with Crippen LogP contribution in [-0.2, 0) is 16.4 Å². The Morgan fingerprint density at radius 3 is 2.55 bits per heavy atom. The number of fused-ring (bicyclic) bond motifs is 1. The molecule has 1 aliphatic rings. The van der Waals surface area contributed by atoms with Gasteiger partial charge in [0.1, 0.15) is 5.69 Å². The largest absolute Gasteiger partial charge is 0.344 e. The molecule has 0 spiro atoms. The van der Waals surface area contributed by atoms with Crippen LogP contribution in [0.1, 0.15) is 34.1 Å². The molecule has 2 heterocycles. The Hall–Kier alpha value is -3.26. The molecule has 1 unspecified atom stereocenters. The van der Waals surface area contributed by atoms with Crippen LogP contribution in [0.25, 0.3) is 0 Å². The van der Waals surface area contributed by atoms with Crippen LogP contribution < -0.4 is 10.9 Å². The van der Waals surface area contributed by atoms with E-state index in [0.717, 1.165) is 5.56 Å². The summed E-state index contributed by atoms with van der Waals surface area (Å²) in [6.07, 6.45) is 0.286. The van der Waals surface area contributed by atoms with Crippen LogP contribution in [-0.4, -0.2) is 29.9 Å². The van der Waals surface area contributed by atoms with Crippen molar-refractivity contribution >= 4 is 15.7 Å². The number of sulfone groups is 1. The molecule has 2 aromatic carbocycles. The van der Waals surface area contributed by atoms with E-state index in [4.69, 9.17) is 0 Å². The Kier molecular flexibility index (Phi) is 5.02. The first-order valence-electron chi connectivity index (χ1n) is 9.19. The number of rotatable bonds is 4. The summed E-state index contributed by atoms with van der Waals surface area (Å²) in [5.74, 6) is -0.485. The number of hydrogen-bond acceptors (Lipinski definition) is 5. The van der Waals surface area contributed by atoms with Crippen LogP contribution in [0, 0.1) is 0 Å². The van der Waals surface area contributed by atoms with E-state index in [0.29, 0.717) is 5.56 Å². The fourth-order valence-corrected chi connectivity index (χ4v) is 5.03. The second-order valence-electron chi connectivity index (χ2n) is 6.87. The smallest absolute Gasteiger partial charge is 0.272 e. The summed E-state index contributed by atoms with van der Waals surface area (Å²) >= 11 is 0. The third-order valence-corrected chi connectivity index (χ3v) is 6.70. The van der Waals surface area contributed by atoms with Gasteiger partial charge in [0.05, 0.1) is 23.2 Å². The molecule has 1 N–H and O–H groups in total. The van der Waals surface area contributed by atoms with Crippen LogP contribution >= 0.6 is 0 Å². The predicted molar refractivity (Wildman–Crippen MR) is 107 cm³/mol. The minimum Gasteiger partial charge on any atom is -0.344 e. The predicted octanol–water partition coefficient (Wildman–Crippen LogP) is 1.94. The summed E-state index contributed by atoms with van der Waals surface area (Å²) in [6.45, 7) is 0.255. The van der Waals surface area contributed by atoms with Crippen LogP contribution in [0.2, 0.25) is 0 Å². The number of benzene rings is 2. The Morgan fingerprint density at radius 1 is 1.03 bits per heavy atom. The first-order valence-corrected chi connectivity index (χ1v) is 10.8. The molecule has 0 radical (unpaired) electrons. The third kappa shape index (κ3) is 3.97. The van der Waals surface area contributed by atoms with Crippen LogP contribution in [0.15, 0.2) is 76.4 Å². The number of hydrogen-bond donors (Lipinski definition) is 1. The molecule has 7 nitrogen and oxygen atoms in total. The molecule has 148 valence electrons. The van der Waals surface area contributed by atoms with Crippen molar-refractivity contribution in [3.63, 3.8) is 0 Å². The highest BCUT2D eigenvalue weighted by atomic mass is 32.2. The van der Waals surface area contributed by atoms with Crippen LogP contribution in [0.5, 0.6) is 0 Å². The van der Waals surface area contributed by atoms with Gasteiger partial charge in [0.25, 0.3) is 11.5 Å². The maximum atomic E-state index is 12.8. The van der Waals surface area contributed by atoms with Crippen molar-refractivity contribution in [1.29, 1.82) is 0 Å². The standard InChI is InChI=1S/C21H19N3O4S/c25-20-11-10-18(23-24(20)14-15-6-2-1-3-7-15)21(26)22-17-12-13-29(27,28)19-9-5-4-8-16(17)19/h1-11,17H,12-14H2,(H,22,26). The summed E-state index contributed by atoms with van der Waals surface area (Å²) in [5, 5.41) is 7.05. The second-order valence-corrected chi connectivity index (χ2v) is 8.95. The van der Waals surface area contributed by atoms with Gasteiger partial charge in [-0.25, -0.2) is 13.1 Å². The first kappa shape index (κ1) is 19.1. The van der Waals surface area contributed by atoms with Gasteiger partial charge in [-0.1, -0.05) is 48.5 Å². The van der Waals surface area contributed by atoms with Gasteiger partial charge in [-0.05, 0) is 29.7 Å². The molecule has 1 atom stereocenters. The zero-order valence-corrected chi connectivity index (χ0v) is 16.3. The van der Waals surface area contributed by atoms with Crippen molar-refractivity contribution in [2.45, 2.75) is 23.9 Å². The van der Waals surface area contributed by atoms with Gasteiger partial charge in [-0.2, -0.15) is 5.10 Å². The zero-order chi connectivity index (χ0) is 20.4. The number of carbonyl (C=O) groups excluding carboxylic acids is 1. The highest BCUT2D eigenvalue weighted by Gasteiger charge is 2.31. The fourth-order valence-electron chi connectivity index (χ4n) is 3.41. The average molecular weight is 409 g/mol. The lowest BCUT2D eigenvalue weighted by molar-refractivity contribution is 0.0927. The van der Waals surface area contributed by atoms with Crippen LogP contribution in [0.4, 0.5) is 0 Å². The van der Waals surface area contributed by atoms with Gasteiger partial charge in [0.2, 0.25) is 0 Å². The number of aromatic nitrogens is 2. The molecule has 0 saturated carbocycles. The number of amides is 1. The summed E-state index contributed by atoms with van der Waals surface area (Å²) in [7, 11) is -3.33. The zero-order valence-electron chi connectivity index (χ0n) is 15.5. The molecule has 1 aromatic heterocycles. The lowest BCUT2D eigenvalue weighted by atomic mass is 10.0. The molecule has 8 heteroatoms. The van der Waals surface area contributed by atoms with Gasteiger partial charge in [0.15, 0.2) is 9.84 Å². The molecular formula is C21H19N3O4S. The number of nitrogens with one attached hydrogen (secondary N) is 1. The summed E-state index contributed by atoms with van der Waals surface area (Å²) in [4.78, 5) is 25.1. The molecule has 0 aliphatic carbocycles. The summed E-state index contributed by atoms with van der Waals surface area (Å²) < 4.78 is 25.8. The molecule has 0 fully saturated rings. The van der Waals surface area contributed by atoms with Gasteiger partial charge >= 0.3 is 0 Å². The molecule has 29 heavy (non-hydrogen) atoms. The Bertz CT molecular complexity index is 1220. The topological polar surface area (TPSA) is 98.1 Å². The Balaban J connectivity index is 1.58. The van der Waals surface area contributed by atoms with Gasteiger partial charge < -0.3 is 5.32 Å². The molecule has 4 rings (SSSR count). The molecular weight excluding hydrogens is 390 g/mol. The minimum absolute atomic E-state index is 0.0319. The lowest BCUT2D eigenvalue weighted by Gasteiger charge is -2.26. The average Bonchev–Trinajstić information content (AvgIpc) is 2.73. The lowest BCUT2D eigenvalue weighted by Crippen LogP contribution is -2.35. The fraction of sp³-hybridized carbons (Fsp3) is 0.190. The summed E-state index contributed by atoms with van der Waals surface area (Å²) in [5.41, 5.74) is 1.27. The molecule has 1 aliphatic heterocycles. The maximum absolute atomic E-state index is 12.8. The molecule has 1 amide bonds. The highest BCUT2D eigenvalue weighted by Crippen LogP contribution is 2.31. The van der Waals surface area contributed by atoms with E-state index in [1.165, 1.54) is 16.8 Å². The van der Waals surface area contributed by atoms with Crippen molar-refractivity contribution in [3.05, 3.63) is 93.9 Å². The number of nitrogens with zero attached hydrogens (tertiary/aromatic N) is 2. The molecule has 3 aromatic rings. The highest BCUT2D eigenvalue weighted by molar-refractivity contribution is 7.91. The van der Waals surface area contributed by atoms with Crippen molar-refractivity contribution < 1.29 is 13.2 Å². The van der Waals surface area contributed by atoms with Gasteiger partial charge in [-0.3, -0.25) is 9.59 Å². The first-order chi connectivity index (χ1) is 13.9. The van der Waals surface area contributed by atoms with Crippen molar-refractivity contribution in [3.8, 4) is 0 Å². The maximum Gasteiger partial charge on any atom is 0.272 e. The van der Waals surface area contributed by atoms with Crippen molar-refractivity contribution in [2.24, 2.45) is 0 Å². The second kappa shape index (κ2) is 7.63. The van der Waals surface area contributed by atoms with E-state index in [1.807, 2.05) is 30.3 Å². The number of carbonyl (C=O) groups is 1. The SMILES string of the molecule is O=C(NC1CCS(=O)(=O)c2ccccc21)c1ccc(=O)n(Cc2ccccc2)n1. The molecule has 0 saturated heterocycles. The van der Waals surface area contributed by atoms with Gasteiger partial charge in [-0.15, -0.1) is 0 Å². The van der Waals surface area contributed by atoms with Gasteiger partial charge in [0, 0.05) is 6.07 Å². The van der Waals surface area contributed by atoms with Crippen molar-refractivity contribution in [1.82, 2.24) is 15.1 Å². The molecule has 0 bridgehead atoms. The van der Waals surface area contributed by atoms with Crippen LogP contribution in [0.3, 0.4) is 0 Å². The van der Waals surface area contributed by atoms with E-state index in [2.05, 4.69) is 10.4 Å². The van der Waals surface area contributed by atoms with Crippen molar-refractivity contribution in [2.75, 3.05) is 5.75 Å². The van der Waals surface area contributed by atoms with E-state index in [-0.39, 0.29) is 34.9 Å². The monoisotopic (exact) mass is 409 g/mol. The van der Waals surface area contributed by atoms with E-state index in [1.54, 1.807) is 24.3 Å². The van der Waals surface area contributed by atoms with E-state index < -0.39 is 21.8 Å².